The number of hydrogen-bond acceptors (Lipinski definition) is 4. The third kappa shape index (κ3) is 3.71. The quantitative estimate of drug-likeness (QED) is 0.849. The Morgan fingerprint density at radius 3 is 2.09 bits per heavy atom. The van der Waals surface area contributed by atoms with E-state index in [9.17, 15) is 5.11 Å². The van der Waals surface area contributed by atoms with Gasteiger partial charge in [0.2, 0.25) is 0 Å². The lowest BCUT2D eigenvalue weighted by molar-refractivity contribution is 0.0316. The Labute approximate surface area is 131 Å². The van der Waals surface area contributed by atoms with Gasteiger partial charge in [-0.25, -0.2) is 0 Å². The molecule has 118 valence electrons. The Morgan fingerprint density at radius 2 is 1.55 bits per heavy atom. The first-order valence-electron chi connectivity index (χ1n) is 7.31. The van der Waals surface area contributed by atoms with Crippen molar-refractivity contribution in [1.82, 2.24) is 0 Å². The van der Waals surface area contributed by atoms with E-state index in [0.717, 1.165) is 11.3 Å². The number of benzene rings is 2. The molecule has 0 heterocycles. The van der Waals surface area contributed by atoms with E-state index in [1.54, 1.807) is 14.2 Å². The van der Waals surface area contributed by atoms with Crippen molar-refractivity contribution in [1.29, 1.82) is 0 Å². The van der Waals surface area contributed by atoms with Crippen LogP contribution in [0.3, 0.4) is 0 Å². The van der Waals surface area contributed by atoms with Gasteiger partial charge in [0.15, 0.2) is 11.5 Å². The summed E-state index contributed by atoms with van der Waals surface area (Å²) in [5.74, 6) is 2.04. The number of aliphatic hydroxyl groups excluding tert-OH is 1. The van der Waals surface area contributed by atoms with E-state index in [4.69, 9.17) is 14.2 Å². The smallest absolute Gasteiger partial charge is 0.161 e. The summed E-state index contributed by atoms with van der Waals surface area (Å²) in [5.41, 5.74) is 0.794. The van der Waals surface area contributed by atoms with E-state index in [1.807, 2.05) is 55.5 Å². The molecule has 2 unspecified atom stereocenters. The molecule has 0 amide bonds. The van der Waals surface area contributed by atoms with Crippen molar-refractivity contribution in [3.63, 3.8) is 0 Å². The van der Waals surface area contributed by atoms with Crippen LogP contribution in [0.5, 0.6) is 17.2 Å². The van der Waals surface area contributed by atoms with Crippen LogP contribution in [0.25, 0.3) is 0 Å². The predicted molar refractivity (Wildman–Crippen MR) is 85.7 cm³/mol. The molecule has 1 N–H and O–H groups in total. The van der Waals surface area contributed by atoms with Gasteiger partial charge in [0.05, 0.1) is 14.2 Å². The van der Waals surface area contributed by atoms with Gasteiger partial charge >= 0.3 is 0 Å². The third-order valence-corrected chi connectivity index (χ3v) is 3.56. The second kappa shape index (κ2) is 7.71. The van der Waals surface area contributed by atoms with Crippen LogP contribution >= 0.6 is 0 Å². The Kier molecular flexibility index (Phi) is 5.67. The standard InChI is InChI=1S/C18H22O4/c1-4-15(22-17-8-6-5-7-16(17)21-3)18(19)13-9-11-14(20-2)12-10-13/h5-12,15,18-19H,4H2,1-3H3. The van der Waals surface area contributed by atoms with E-state index in [1.165, 1.54) is 0 Å². The molecule has 2 rings (SSSR count). The lowest BCUT2D eigenvalue weighted by atomic mass is 10.0. The molecule has 0 saturated heterocycles. The van der Waals surface area contributed by atoms with Crippen LogP contribution < -0.4 is 14.2 Å². The highest BCUT2D eigenvalue weighted by atomic mass is 16.5. The Bertz CT molecular complexity index is 580. The van der Waals surface area contributed by atoms with E-state index in [2.05, 4.69) is 0 Å². The monoisotopic (exact) mass is 302 g/mol. The van der Waals surface area contributed by atoms with Crippen LogP contribution in [-0.2, 0) is 0 Å². The maximum Gasteiger partial charge on any atom is 0.161 e. The van der Waals surface area contributed by atoms with Crippen LogP contribution in [0, 0.1) is 0 Å². The zero-order chi connectivity index (χ0) is 15.9. The molecule has 22 heavy (non-hydrogen) atoms. The first-order valence-corrected chi connectivity index (χ1v) is 7.31. The minimum atomic E-state index is -0.721. The van der Waals surface area contributed by atoms with Crippen molar-refractivity contribution in [2.75, 3.05) is 14.2 Å². The second-order valence-electron chi connectivity index (χ2n) is 4.93. The molecule has 0 fully saturated rings. The zero-order valence-electron chi connectivity index (χ0n) is 13.2. The van der Waals surface area contributed by atoms with Crippen LogP contribution in [0.15, 0.2) is 48.5 Å². The van der Waals surface area contributed by atoms with Crippen molar-refractivity contribution in [2.45, 2.75) is 25.6 Å². The highest BCUT2D eigenvalue weighted by Gasteiger charge is 2.22. The van der Waals surface area contributed by atoms with Crippen LogP contribution in [0.4, 0.5) is 0 Å². The van der Waals surface area contributed by atoms with Crippen molar-refractivity contribution < 1.29 is 19.3 Å². The lowest BCUT2D eigenvalue weighted by Crippen LogP contribution is -2.24. The van der Waals surface area contributed by atoms with Gasteiger partial charge in [0, 0.05) is 0 Å². The van der Waals surface area contributed by atoms with Gasteiger partial charge < -0.3 is 19.3 Å². The van der Waals surface area contributed by atoms with Crippen molar-refractivity contribution in [3.8, 4) is 17.2 Å². The summed E-state index contributed by atoms with van der Waals surface area (Å²) in [4.78, 5) is 0. The summed E-state index contributed by atoms with van der Waals surface area (Å²) >= 11 is 0. The topological polar surface area (TPSA) is 47.9 Å². The first kappa shape index (κ1) is 16.2. The summed E-state index contributed by atoms with van der Waals surface area (Å²) in [6.45, 7) is 1.98. The molecule has 4 nitrogen and oxygen atoms in total. The van der Waals surface area contributed by atoms with Gasteiger partial charge in [-0.15, -0.1) is 0 Å². The molecular weight excluding hydrogens is 280 g/mol. The average molecular weight is 302 g/mol. The molecule has 0 aromatic heterocycles. The molecule has 2 atom stereocenters. The maximum atomic E-state index is 10.6. The Balaban J connectivity index is 2.15. The van der Waals surface area contributed by atoms with Gasteiger partial charge in [-0.1, -0.05) is 31.2 Å². The van der Waals surface area contributed by atoms with Gasteiger partial charge in [0.1, 0.15) is 18.0 Å². The van der Waals surface area contributed by atoms with E-state index < -0.39 is 6.10 Å². The number of ether oxygens (including phenoxy) is 3. The van der Waals surface area contributed by atoms with Crippen LogP contribution in [0.1, 0.15) is 25.0 Å². The molecule has 0 spiro atoms. The molecule has 4 heteroatoms. The number of rotatable bonds is 7. The minimum absolute atomic E-state index is 0.357. The second-order valence-corrected chi connectivity index (χ2v) is 4.93. The summed E-state index contributed by atoms with van der Waals surface area (Å²) in [5, 5.41) is 10.6. The minimum Gasteiger partial charge on any atom is -0.497 e. The van der Waals surface area contributed by atoms with Crippen LogP contribution in [-0.4, -0.2) is 25.4 Å². The average Bonchev–Trinajstić information content (AvgIpc) is 2.59. The predicted octanol–water partition coefficient (Wildman–Crippen LogP) is 3.59. The SMILES string of the molecule is CCC(Oc1ccccc1OC)C(O)c1ccc(OC)cc1. The van der Waals surface area contributed by atoms with Gasteiger partial charge in [0.25, 0.3) is 0 Å². The van der Waals surface area contributed by atoms with Gasteiger partial charge in [-0.3, -0.25) is 0 Å². The maximum absolute atomic E-state index is 10.6. The molecule has 0 aliphatic carbocycles. The van der Waals surface area contributed by atoms with Crippen LogP contribution in [0.2, 0.25) is 0 Å². The lowest BCUT2D eigenvalue weighted by Gasteiger charge is -2.24. The fourth-order valence-electron chi connectivity index (χ4n) is 2.27. The number of aliphatic hydroxyl groups is 1. The summed E-state index contributed by atoms with van der Waals surface area (Å²) in [6, 6.07) is 14.8. The number of hydrogen-bond donors (Lipinski definition) is 1. The van der Waals surface area contributed by atoms with Crippen molar-refractivity contribution in [3.05, 3.63) is 54.1 Å². The first-order chi connectivity index (χ1) is 10.7. The highest BCUT2D eigenvalue weighted by Crippen LogP contribution is 2.31. The van der Waals surface area contributed by atoms with Crippen molar-refractivity contribution >= 4 is 0 Å². The van der Waals surface area contributed by atoms with Crippen molar-refractivity contribution in [2.24, 2.45) is 0 Å². The molecule has 0 saturated carbocycles. The molecular formula is C18H22O4. The molecule has 2 aromatic carbocycles. The molecule has 0 bridgehead atoms. The fraction of sp³-hybridized carbons (Fsp3) is 0.333. The van der Waals surface area contributed by atoms with E-state index in [0.29, 0.717) is 17.9 Å². The van der Waals surface area contributed by atoms with E-state index in [-0.39, 0.29) is 6.10 Å². The number of methoxy groups -OCH3 is 2. The normalized spacial score (nSPS) is 13.3. The third-order valence-electron chi connectivity index (χ3n) is 3.56. The molecule has 0 aliphatic heterocycles. The van der Waals surface area contributed by atoms with Gasteiger partial charge in [-0.2, -0.15) is 0 Å². The summed E-state index contributed by atoms with van der Waals surface area (Å²) in [6.07, 6.45) is -0.406. The number of para-hydroxylation sites is 2. The highest BCUT2D eigenvalue weighted by molar-refractivity contribution is 5.39. The van der Waals surface area contributed by atoms with E-state index >= 15 is 0 Å². The summed E-state index contributed by atoms with van der Waals surface area (Å²) in [7, 11) is 3.22. The zero-order valence-corrected chi connectivity index (χ0v) is 13.2. The molecule has 2 aromatic rings. The molecule has 0 radical (unpaired) electrons. The molecule has 0 aliphatic rings. The largest absolute Gasteiger partial charge is 0.497 e. The Morgan fingerprint density at radius 1 is 0.909 bits per heavy atom. The van der Waals surface area contributed by atoms with Gasteiger partial charge in [-0.05, 0) is 36.2 Å². The Hall–Kier alpha value is -2.20. The fourth-order valence-corrected chi connectivity index (χ4v) is 2.27. The summed E-state index contributed by atoms with van der Waals surface area (Å²) < 4.78 is 16.4.